The van der Waals surface area contributed by atoms with Gasteiger partial charge in [0.1, 0.15) is 0 Å². The van der Waals surface area contributed by atoms with Crippen LogP contribution in [0.1, 0.15) is 55.6 Å². The van der Waals surface area contributed by atoms with Gasteiger partial charge in [0.15, 0.2) is 0 Å². The van der Waals surface area contributed by atoms with Crippen LogP contribution < -0.4 is 0 Å². The summed E-state index contributed by atoms with van der Waals surface area (Å²) in [6.45, 7) is 13.4. The molecule has 40 heavy (non-hydrogen) atoms. The first-order chi connectivity index (χ1) is 19.3. The standard InChI is InChI=1S/C19H23NO.C14H21ClN2.C2H2/c1-3-20(4-2)19(21)18-13-11-17(12-14-18)15-16-9-7-5-6-8-10-16;1-11-9-17(12(2)8-16(11)3)10-13-4-6-14(15)7-5-13;1-2/h5-7,9-14H,3-4,8,15H2,1-2H3;4-7,11-12H,8-10H2,1-3H3;1-2H/t;11?,12-;/m.1./s1. The molecule has 1 heterocycles. The second-order valence-corrected chi connectivity index (χ2v) is 10.8. The van der Waals surface area contributed by atoms with Crippen molar-refractivity contribution in [2.24, 2.45) is 0 Å². The quantitative estimate of drug-likeness (QED) is 0.334. The SMILES string of the molecule is C#C.CC1CN(Cc2ccc(Cl)cc2)[C@H](C)CN1C.CCN(CC)C(=O)c1ccc(CC2=CCC=CC=C2)cc1. The molecule has 0 radical (unpaired) electrons. The number of rotatable bonds is 7. The molecule has 1 saturated heterocycles. The summed E-state index contributed by atoms with van der Waals surface area (Å²) < 4.78 is 0. The number of allylic oxidation sites excluding steroid dienone is 6. The molecule has 2 aromatic carbocycles. The molecule has 5 heteroatoms. The number of benzene rings is 2. The molecule has 0 N–H and O–H groups in total. The molecule has 0 spiro atoms. The van der Waals surface area contributed by atoms with Crippen LogP contribution in [0, 0.1) is 12.8 Å². The monoisotopic (exact) mass is 559 g/mol. The molecule has 0 bridgehead atoms. The fraction of sp³-hybridized carbons (Fsp3) is 0.400. The lowest BCUT2D eigenvalue weighted by atomic mass is 10.0. The van der Waals surface area contributed by atoms with Gasteiger partial charge in [0.05, 0.1) is 0 Å². The minimum Gasteiger partial charge on any atom is -0.339 e. The zero-order chi connectivity index (χ0) is 29.5. The van der Waals surface area contributed by atoms with Crippen LogP contribution in [0.2, 0.25) is 5.02 Å². The number of terminal acetylenes is 1. The van der Waals surface area contributed by atoms with Gasteiger partial charge in [-0.3, -0.25) is 9.69 Å². The summed E-state index contributed by atoms with van der Waals surface area (Å²) in [7, 11) is 2.21. The van der Waals surface area contributed by atoms with Crippen molar-refractivity contribution in [3.05, 3.63) is 106 Å². The highest BCUT2D eigenvalue weighted by molar-refractivity contribution is 6.30. The van der Waals surface area contributed by atoms with Crippen LogP contribution in [-0.2, 0) is 13.0 Å². The van der Waals surface area contributed by atoms with Crippen LogP contribution in [0.5, 0.6) is 0 Å². The van der Waals surface area contributed by atoms with Crippen molar-refractivity contribution in [3.8, 4) is 12.8 Å². The number of carbonyl (C=O) groups is 1. The Morgan fingerprint density at radius 2 is 1.55 bits per heavy atom. The predicted molar refractivity (Wildman–Crippen MR) is 172 cm³/mol. The van der Waals surface area contributed by atoms with E-state index in [1.54, 1.807) is 0 Å². The maximum Gasteiger partial charge on any atom is 0.253 e. The number of hydrogen-bond acceptors (Lipinski definition) is 3. The summed E-state index contributed by atoms with van der Waals surface area (Å²) >= 11 is 5.91. The van der Waals surface area contributed by atoms with Gasteiger partial charge in [0.2, 0.25) is 0 Å². The Morgan fingerprint density at radius 1 is 0.925 bits per heavy atom. The first-order valence-corrected chi connectivity index (χ1v) is 14.6. The van der Waals surface area contributed by atoms with E-state index in [2.05, 4.69) is 98.2 Å². The highest BCUT2D eigenvalue weighted by Gasteiger charge is 2.26. The third-order valence-corrected chi connectivity index (χ3v) is 7.71. The van der Waals surface area contributed by atoms with Crippen LogP contribution in [-0.4, -0.2) is 65.9 Å². The fourth-order valence-electron chi connectivity index (χ4n) is 4.86. The Kier molecular flexibility index (Phi) is 14.5. The zero-order valence-corrected chi connectivity index (χ0v) is 25.6. The molecular formula is C35H46ClN3O. The number of piperazine rings is 1. The van der Waals surface area contributed by atoms with Gasteiger partial charge in [0, 0.05) is 55.4 Å². The number of carbonyl (C=O) groups excluding carboxylic acids is 1. The lowest BCUT2D eigenvalue weighted by Crippen LogP contribution is -2.54. The van der Waals surface area contributed by atoms with Gasteiger partial charge in [-0.15, -0.1) is 12.8 Å². The molecule has 1 fully saturated rings. The number of amides is 1. The molecule has 0 aromatic heterocycles. The van der Waals surface area contributed by atoms with E-state index in [4.69, 9.17) is 11.6 Å². The fourth-order valence-corrected chi connectivity index (χ4v) is 4.99. The lowest BCUT2D eigenvalue weighted by molar-refractivity contribution is 0.0546. The predicted octanol–water partition coefficient (Wildman–Crippen LogP) is 7.27. The Labute approximate surface area is 248 Å². The highest BCUT2D eigenvalue weighted by atomic mass is 35.5. The van der Waals surface area contributed by atoms with Crippen LogP contribution in [0.25, 0.3) is 0 Å². The molecule has 1 aliphatic carbocycles. The Morgan fingerprint density at radius 3 is 2.17 bits per heavy atom. The number of nitrogens with zero attached hydrogens (tertiary/aromatic N) is 3. The molecule has 1 amide bonds. The Bertz CT molecular complexity index is 1140. The first-order valence-electron chi connectivity index (χ1n) is 14.2. The number of likely N-dealkylation sites (N-methyl/N-ethyl adjacent to an activating group) is 1. The van der Waals surface area contributed by atoms with Crippen molar-refractivity contribution in [1.29, 1.82) is 0 Å². The molecule has 2 atom stereocenters. The maximum atomic E-state index is 12.2. The van der Waals surface area contributed by atoms with E-state index in [0.717, 1.165) is 56.2 Å². The van der Waals surface area contributed by atoms with E-state index in [-0.39, 0.29) is 5.91 Å². The van der Waals surface area contributed by atoms with E-state index < -0.39 is 0 Å². The molecule has 1 aliphatic heterocycles. The van der Waals surface area contributed by atoms with E-state index >= 15 is 0 Å². The molecule has 0 saturated carbocycles. The minimum absolute atomic E-state index is 0.115. The van der Waals surface area contributed by atoms with Crippen molar-refractivity contribution in [2.75, 3.05) is 33.2 Å². The van der Waals surface area contributed by atoms with Crippen molar-refractivity contribution >= 4 is 17.5 Å². The van der Waals surface area contributed by atoms with E-state index in [1.165, 1.54) is 16.7 Å². The first kappa shape index (κ1) is 33.1. The van der Waals surface area contributed by atoms with E-state index in [9.17, 15) is 4.79 Å². The molecule has 1 unspecified atom stereocenters. The number of halogens is 1. The molecular weight excluding hydrogens is 514 g/mol. The second-order valence-electron chi connectivity index (χ2n) is 10.3. The zero-order valence-electron chi connectivity index (χ0n) is 24.9. The maximum absolute atomic E-state index is 12.2. The van der Waals surface area contributed by atoms with Crippen LogP contribution in [0.3, 0.4) is 0 Å². The van der Waals surface area contributed by atoms with Gasteiger partial charge in [0.25, 0.3) is 5.91 Å². The summed E-state index contributed by atoms with van der Waals surface area (Å²) in [6.07, 6.45) is 20.6. The van der Waals surface area contributed by atoms with Gasteiger partial charge in [-0.1, -0.05) is 66.2 Å². The molecule has 4 rings (SSSR count). The second kappa shape index (κ2) is 17.6. The van der Waals surface area contributed by atoms with Crippen molar-refractivity contribution in [2.45, 2.75) is 59.2 Å². The summed E-state index contributed by atoms with van der Waals surface area (Å²) in [5, 5.41) is 0.813. The van der Waals surface area contributed by atoms with Crippen LogP contribution in [0.15, 0.2) is 84.5 Å². The van der Waals surface area contributed by atoms with Gasteiger partial charge in [-0.25, -0.2) is 0 Å². The minimum atomic E-state index is 0.115. The largest absolute Gasteiger partial charge is 0.339 e. The highest BCUT2D eigenvalue weighted by Crippen LogP contribution is 2.18. The van der Waals surface area contributed by atoms with Crippen molar-refractivity contribution in [1.82, 2.24) is 14.7 Å². The average molecular weight is 560 g/mol. The van der Waals surface area contributed by atoms with Gasteiger partial charge in [-0.2, -0.15) is 0 Å². The molecule has 4 nitrogen and oxygen atoms in total. The Balaban J connectivity index is 0.000000269. The summed E-state index contributed by atoms with van der Waals surface area (Å²) in [4.78, 5) is 19.1. The summed E-state index contributed by atoms with van der Waals surface area (Å²) in [5.41, 5.74) is 4.68. The average Bonchev–Trinajstić information content (AvgIpc) is 3.24. The van der Waals surface area contributed by atoms with Gasteiger partial charge in [-0.05, 0) is 88.5 Å². The van der Waals surface area contributed by atoms with Crippen LogP contribution >= 0.6 is 11.6 Å². The van der Waals surface area contributed by atoms with E-state index in [0.29, 0.717) is 12.1 Å². The molecule has 2 aromatic rings. The topological polar surface area (TPSA) is 26.8 Å². The third-order valence-electron chi connectivity index (χ3n) is 7.46. The van der Waals surface area contributed by atoms with Crippen LogP contribution in [0.4, 0.5) is 0 Å². The smallest absolute Gasteiger partial charge is 0.253 e. The normalized spacial score (nSPS) is 18.9. The third kappa shape index (κ3) is 10.5. The Hall–Kier alpha value is -3.10. The van der Waals surface area contributed by atoms with Gasteiger partial charge >= 0.3 is 0 Å². The van der Waals surface area contributed by atoms with E-state index in [1.807, 2.05) is 43.0 Å². The summed E-state index contributed by atoms with van der Waals surface area (Å²) in [6, 6.07) is 17.4. The lowest BCUT2D eigenvalue weighted by Gasteiger charge is -2.42. The summed E-state index contributed by atoms with van der Waals surface area (Å²) in [5.74, 6) is 0.115. The number of hydrogen-bond donors (Lipinski definition) is 0. The van der Waals surface area contributed by atoms with Crippen molar-refractivity contribution < 1.29 is 4.79 Å². The van der Waals surface area contributed by atoms with Crippen molar-refractivity contribution in [3.63, 3.8) is 0 Å². The van der Waals surface area contributed by atoms with Gasteiger partial charge < -0.3 is 9.80 Å². The molecule has 2 aliphatic rings. The molecule has 214 valence electrons.